The molecule has 0 aromatic rings. The van der Waals surface area contributed by atoms with E-state index in [-0.39, 0.29) is 25.0 Å². The van der Waals surface area contributed by atoms with Crippen LogP contribution in [-0.4, -0.2) is 64.5 Å². The summed E-state index contributed by atoms with van der Waals surface area (Å²) >= 11 is 0. The SMILES string of the molecule is NOCC(=O)NCCOCCOCCNC(=O)CON. The van der Waals surface area contributed by atoms with Gasteiger partial charge < -0.3 is 20.1 Å². The zero-order valence-corrected chi connectivity index (χ0v) is 11.3. The van der Waals surface area contributed by atoms with Crippen molar-refractivity contribution in [1.82, 2.24) is 10.6 Å². The second-order valence-electron chi connectivity index (χ2n) is 3.55. The van der Waals surface area contributed by atoms with Crippen molar-refractivity contribution in [1.29, 1.82) is 0 Å². The molecule has 2 amide bonds. The summed E-state index contributed by atoms with van der Waals surface area (Å²) in [5, 5.41) is 5.08. The Kier molecular flexibility index (Phi) is 13.2. The maximum Gasteiger partial charge on any atom is 0.248 e. The minimum atomic E-state index is -0.301. The van der Waals surface area contributed by atoms with E-state index in [2.05, 4.69) is 20.3 Å². The zero-order valence-electron chi connectivity index (χ0n) is 11.3. The third-order valence-electron chi connectivity index (χ3n) is 1.94. The Morgan fingerprint density at radius 3 is 1.50 bits per heavy atom. The van der Waals surface area contributed by atoms with E-state index in [9.17, 15) is 9.59 Å². The summed E-state index contributed by atoms with van der Waals surface area (Å²) in [7, 11) is 0. The first-order valence-electron chi connectivity index (χ1n) is 6.03. The molecule has 0 aliphatic rings. The number of amides is 2. The van der Waals surface area contributed by atoms with Crippen molar-refractivity contribution in [2.45, 2.75) is 0 Å². The van der Waals surface area contributed by atoms with Crippen LogP contribution < -0.4 is 22.4 Å². The molecule has 0 rings (SSSR count). The molecule has 0 atom stereocenters. The van der Waals surface area contributed by atoms with E-state index >= 15 is 0 Å². The minimum Gasteiger partial charge on any atom is -0.377 e. The van der Waals surface area contributed by atoms with Crippen molar-refractivity contribution in [2.75, 3.05) is 52.7 Å². The lowest BCUT2D eigenvalue weighted by Gasteiger charge is -2.07. The Morgan fingerprint density at radius 1 is 0.750 bits per heavy atom. The van der Waals surface area contributed by atoms with Crippen LogP contribution in [0.25, 0.3) is 0 Å². The molecule has 0 aromatic carbocycles. The molecule has 0 aromatic heterocycles. The van der Waals surface area contributed by atoms with Gasteiger partial charge in [-0.3, -0.25) is 19.3 Å². The first-order chi connectivity index (χ1) is 9.70. The molecule has 0 saturated carbocycles. The summed E-state index contributed by atoms with van der Waals surface area (Å²) in [5.41, 5.74) is 0. The van der Waals surface area contributed by atoms with Crippen molar-refractivity contribution in [3.05, 3.63) is 0 Å². The van der Waals surface area contributed by atoms with E-state index in [1.807, 2.05) is 0 Å². The fourth-order valence-electron chi connectivity index (χ4n) is 1.10. The Labute approximate surface area is 116 Å². The number of hydrogen-bond acceptors (Lipinski definition) is 8. The van der Waals surface area contributed by atoms with Gasteiger partial charge in [-0.1, -0.05) is 0 Å². The van der Waals surface area contributed by atoms with Gasteiger partial charge in [-0.15, -0.1) is 0 Å². The molecule has 0 heterocycles. The highest BCUT2D eigenvalue weighted by molar-refractivity contribution is 5.77. The highest BCUT2D eigenvalue weighted by Gasteiger charge is 1.99. The number of nitrogens with two attached hydrogens (primary N) is 2. The molecule has 0 unspecified atom stereocenters. The van der Waals surface area contributed by atoms with E-state index in [4.69, 9.17) is 21.3 Å². The molecule has 118 valence electrons. The summed E-state index contributed by atoms with van der Waals surface area (Å²) in [5.74, 6) is 8.85. The van der Waals surface area contributed by atoms with Crippen LogP contribution in [0, 0.1) is 0 Å². The second kappa shape index (κ2) is 14.1. The number of rotatable bonds is 13. The average molecular weight is 294 g/mol. The van der Waals surface area contributed by atoms with Crippen molar-refractivity contribution < 1.29 is 28.7 Å². The molecule has 6 N–H and O–H groups in total. The van der Waals surface area contributed by atoms with Crippen molar-refractivity contribution in [3.8, 4) is 0 Å². The lowest BCUT2D eigenvalue weighted by molar-refractivity contribution is -0.126. The first kappa shape index (κ1) is 18.7. The van der Waals surface area contributed by atoms with Crippen LogP contribution in [0.15, 0.2) is 0 Å². The predicted molar refractivity (Wildman–Crippen MR) is 67.9 cm³/mol. The van der Waals surface area contributed by atoms with Crippen LogP contribution in [0.2, 0.25) is 0 Å². The molecule has 10 heteroatoms. The Bertz CT molecular complexity index is 240. The van der Waals surface area contributed by atoms with E-state index in [0.29, 0.717) is 39.5 Å². The van der Waals surface area contributed by atoms with Gasteiger partial charge in [0.2, 0.25) is 11.8 Å². The third kappa shape index (κ3) is 13.1. The van der Waals surface area contributed by atoms with Gasteiger partial charge in [0.05, 0.1) is 26.4 Å². The molecule has 0 aliphatic carbocycles. The van der Waals surface area contributed by atoms with Crippen LogP contribution in [-0.2, 0) is 28.7 Å². The summed E-state index contributed by atoms with van der Waals surface area (Å²) in [6.07, 6.45) is 0. The molecule has 0 radical (unpaired) electrons. The normalized spacial score (nSPS) is 10.3. The summed E-state index contributed by atoms with van der Waals surface area (Å²) in [4.78, 5) is 30.1. The fraction of sp³-hybridized carbons (Fsp3) is 0.800. The molecule has 0 bridgehead atoms. The largest absolute Gasteiger partial charge is 0.377 e. The quantitative estimate of drug-likeness (QED) is 0.208. The molecule has 0 aliphatic heterocycles. The Morgan fingerprint density at radius 2 is 1.15 bits per heavy atom. The van der Waals surface area contributed by atoms with Gasteiger partial charge in [0.1, 0.15) is 13.2 Å². The van der Waals surface area contributed by atoms with Gasteiger partial charge in [-0.2, -0.15) is 0 Å². The van der Waals surface area contributed by atoms with Crippen molar-refractivity contribution in [3.63, 3.8) is 0 Å². The van der Waals surface area contributed by atoms with Gasteiger partial charge >= 0.3 is 0 Å². The molecule has 0 saturated heterocycles. The second-order valence-corrected chi connectivity index (χ2v) is 3.55. The number of carbonyl (C=O) groups excluding carboxylic acids is 2. The lowest BCUT2D eigenvalue weighted by Crippen LogP contribution is -2.32. The number of ether oxygens (including phenoxy) is 2. The van der Waals surface area contributed by atoms with Crippen LogP contribution in [0.3, 0.4) is 0 Å². The van der Waals surface area contributed by atoms with Crippen LogP contribution in [0.5, 0.6) is 0 Å². The molecular weight excluding hydrogens is 272 g/mol. The van der Waals surface area contributed by atoms with Crippen LogP contribution in [0.4, 0.5) is 0 Å². The van der Waals surface area contributed by atoms with E-state index < -0.39 is 0 Å². The van der Waals surface area contributed by atoms with Crippen LogP contribution >= 0.6 is 0 Å². The van der Waals surface area contributed by atoms with Crippen molar-refractivity contribution >= 4 is 11.8 Å². The smallest absolute Gasteiger partial charge is 0.248 e. The van der Waals surface area contributed by atoms with E-state index in [1.54, 1.807) is 0 Å². The maximum atomic E-state index is 10.9. The molecule has 0 fully saturated rings. The predicted octanol–water partition coefficient (Wildman–Crippen LogP) is -2.97. The molecule has 0 spiro atoms. The van der Waals surface area contributed by atoms with E-state index in [1.165, 1.54) is 0 Å². The fourth-order valence-corrected chi connectivity index (χ4v) is 1.10. The Hall–Kier alpha value is -1.30. The zero-order chi connectivity index (χ0) is 15.1. The topological polar surface area (TPSA) is 147 Å². The van der Waals surface area contributed by atoms with Gasteiger partial charge in [0.25, 0.3) is 0 Å². The van der Waals surface area contributed by atoms with Gasteiger partial charge in [0, 0.05) is 13.1 Å². The molecule has 10 nitrogen and oxygen atoms in total. The van der Waals surface area contributed by atoms with Gasteiger partial charge in [-0.25, -0.2) is 11.8 Å². The summed E-state index contributed by atoms with van der Waals surface area (Å²) in [6, 6.07) is 0. The number of nitrogens with one attached hydrogen (secondary N) is 2. The van der Waals surface area contributed by atoms with E-state index in [0.717, 1.165) is 0 Å². The number of carbonyl (C=O) groups is 2. The lowest BCUT2D eigenvalue weighted by atomic mass is 10.6. The summed E-state index contributed by atoms with van der Waals surface area (Å²) in [6.45, 7) is 1.91. The average Bonchev–Trinajstić information content (AvgIpc) is 2.41. The van der Waals surface area contributed by atoms with Gasteiger partial charge in [0.15, 0.2) is 0 Å². The standard InChI is InChI=1S/C10H22N4O6/c11-19-7-9(15)13-1-3-17-5-6-18-4-2-14-10(16)8-20-12/h1-8,11-12H2,(H,13,15)(H,14,16). The highest BCUT2D eigenvalue weighted by atomic mass is 16.6. The highest BCUT2D eigenvalue weighted by Crippen LogP contribution is 1.79. The van der Waals surface area contributed by atoms with Crippen LogP contribution in [0.1, 0.15) is 0 Å². The molecule has 20 heavy (non-hydrogen) atoms. The monoisotopic (exact) mass is 294 g/mol. The first-order valence-corrected chi connectivity index (χ1v) is 6.03. The molecular formula is C10H22N4O6. The number of hydrogen-bond donors (Lipinski definition) is 4. The maximum absolute atomic E-state index is 10.9. The van der Waals surface area contributed by atoms with Gasteiger partial charge in [-0.05, 0) is 0 Å². The third-order valence-corrected chi connectivity index (χ3v) is 1.94. The Balaban J connectivity index is 3.13. The summed E-state index contributed by atoms with van der Waals surface area (Å²) < 4.78 is 10.4. The minimum absolute atomic E-state index is 0.177. The van der Waals surface area contributed by atoms with Crippen molar-refractivity contribution in [2.24, 2.45) is 11.8 Å².